The van der Waals surface area contributed by atoms with Crippen molar-refractivity contribution >= 4 is 12.0 Å². The summed E-state index contributed by atoms with van der Waals surface area (Å²) in [5.41, 5.74) is 1.88. The van der Waals surface area contributed by atoms with E-state index in [9.17, 15) is 4.79 Å². The second-order valence-corrected chi connectivity index (χ2v) is 6.51. The van der Waals surface area contributed by atoms with Crippen LogP contribution in [0.1, 0.15) is 28.8 Å². The topological polar surface area (TPSA) is 45.2 Å². The molecule has 1 aromatic carbocycles. The molecule has 0 spiro atoms. The maximum Gasteiger partial charge on any atom is 0.252 e. The van der Waals surface area contributed by atoms with Gasteiger partial charge in [0.1, 0.15) is 0 Å². The van der Waals surface area contributed by atoms with Gasteiger partial charge in [-0.05, 0) is 49.5 Å². The van der Waals surface area contributed by atoms with Gasteiger partial charge in [0.15, 0.2) is 0 Å². The van der Waals surface area contributed by atoms with Crippen LogP contribution in [0.4, 0.5) is 0 Å². The first-order valence-electron chi connectivity index (χ1n) is 8.93. The number of pyridine rings is 1. The number of nitrogens with zero attached hydrogens (tertiary/aromatic N) is 2. The molecule has 0 radical (unpaired) electrons. The summed E-state index contributed by atoms with van der Waals surface area (Å²) >= 11 is 0. The highest BCUT2D eigenvalue weighted by Gasteiger charge is 2.19. The summed E-state index contributed by atoms with van der Waals surface area (Å²) in [5.74, 6) is 0.538. The summed E-state index contributed by atoms with van der Waals surface area (Å²) in [6, 6.07) is 14.0. The van der Waals surface area contributed by atoms with Crippen molar-refractivity contribution in [2.24, 2.45) is 5.92 Å². The first kappa shape index (κ1) is 17.4. The van der Waals surface area contributed by atoms with Gasteiger partial charge in [-0.3, -0.25) is 14.7 Å². The van der Waals surface area contributed by atoms with Crippen LogP contribution in [-0.4, -0.2) is 42.0 Å². The Bertz CT molecular complexity index is 677. The number of nitrogens with one attached hydrogen (secondary N) is 1. The van der Waals surface area contributed by atoms with Crippen molar-refractivity contribution in [3.8, 4) is 0 Å². The van der Waals surface area contributed by atoms with Gasteiger partial charge in [0.05, 0.1) is 5.56 Å². The average molecular weight is 335 g/mol. The third-order valence-corrected chi connectivity index (χ3v) is 4.66. The number of carbonyl (C=O) groups excluding carboxylic acids is 1. The average Bonchev–Trinajstić information content (AvgIpc) is 2.68. The van der Waals surface area contributed by atoms with Crippen molar-refractivity contribution < 1.29 is 4.79 Å². The van der Waals surface area contributed by atoms with Gasteiger partial charge in [0.25, 0.3) is 5.91 Å². The minimum Gasteiger partial charge on any atom is -0.352 e. The Hall–Kier alpha value is -2.46. The number of aromatic nitrogens is 1. The molecule has 0 aliphatic carbocycles. The van der Waals surface area contributed by atoms with Crippen LogP contribution < -0.4 is 5.32 Å². The van der Waals surface area contributed by atoms with E-state index in [0.29, 0.717) is 11.5 Å². The molecule has 1 N–H and O–H groups in total. The first-order valence-corrected chi connectivity index (χ1v) is 8.93. The molecule has 1 amide bonds. The Morgan fingerprint density at radius 1 is 1.16 bits per heavy atom. The molecular formula is C21H25N3O. The summed E-state index contributed by atoms with van der Waals surface area (Å²) in [6.45, 7) is 3.92. The van der Waals surface area contributed by atoms with Crippen molar-refractivity contribution in [3.63, 3.8) is 0 Å². The minimum absolute atomic E-state index is 0.0266. The number of benzene rings is 1. The van der Waals surface area contributed by atoms with Crippen LogP contribution >= 0.6 is 0 Å². The molecule has 0 atom stereocenters. The molecule has 2 aromatic rings. The van der Waals surface area contributed by atoms with Gasteiger partial charge in [-0.15, -0.1) is 0 Å². The largest absolute Gasteiger partial charge is 0.352 e. The summed E-state index contributed by atoms with van der Waals surface area (Å²) in [5, 5.41) is 3.04. The predicted octanol–water partition coefficient (Wildman–Crippen LogP) is 3.24. The Labute approximate surface area is 149 Å². The summed E-state index contributed by atoms with van der Waals surface area (Å²) in [4.78, 5) is 18.5. The van der Waals surface area contributed by atoms with Gasteiger partial charge in [0, 0.05) is 25.5 Å². The number of rotatable bonds is 6. The fourth-order valence-electron chi connectivity index (χ4n) is 3.11. The smallest absolute Gasteiger partial charge is 0.252 e. The molecule has 1 fully saturated rings. The van der Waals surface area contributed by atoms with Gasteiger partial charge >= 0.3 is 0 Å². The Morgan fingerprint density at radius 3 is 2.68 bits per heavy atom. The van der Waals surface area contributed by atoms with Crippen molar-refractivity contribution in [2.45, 2.75) is 12.8 Å². The third kappa shape index (κ3) is 5.54. The predicted molar refractivity (Wildman–Crippen MR) is 101 cm³/mol. The Balaban J connectivity index is 1.36. The SMILES string of the molecule is O=C(NCC1CCN(C/C=C/c2ccccc2)CC1)c1cccnc1. The van der Waals surface area contributed by atoms with Crippen LogP contribution in [0.2, 0.25) is 0 Å². The molecule has 1 aromatic heterocycles. The molecule has 0 saturated carbocycles. The maximum atomic E-state index is 12.1. The van der Waals surface area contributed by atoms with Gasteiger partial charge in [-0.2, -0.15) is 0 Å². The van der Waals surface area contributed by atoms with Crippen LogP contribution in [0.3, 0.4) is 0 Å². The fourth-order valence-corrected chi connectivity index (χ4v) is 3.11. The minimum atomic E-state index is -0.0266. The number of hydrogen-bond acceptors (Lipinski definition) is 3. The van der Waals surface area contributed by atoms with Crippen molar-refractivity contribution in [1.82, 2.24) is 15.2 Å². The maximum absolute atomic E-state index is 12.1. The van der Waals surface area contributed by atoms with Gasteiger partial charge in [-0.1, -0.05) is 42.5 Å². The van der Waals surface area contributed by atoms with E-state index in [2.05, 4.69) is 51.6 Å². The van der Waals surface area contributed by atoms with Crippen LogP contribution in [0, 0.1) is 5.92 Å². The number of hydrogen-bond donors (Lipinski definition) is 1. The lowest BCUT2D eigenvalue weighted by atomic mass is 9.96. The van der Waals surface area contributed by atoms with E-state index in [-0.39, 0.29) is 5.91 Å². The van der Waals surface area contributed by atoms with Crippen LogP contribution in [-0.2, 0) is 0 Å². The van der Waals surface area contributed by atoms with Crippen molar-refractivity contribution in [2.75, 3.05) is 26.2 Å². The van der Waals surface area contributed by atoms with E-state index < -0.39 is 0 Å². The molecule has 0 bridgehead atoms. The van der Waals surface area contributed by atoms with E-state index in [1.807, 2.05) is 6.07 Å². The monoisotopic (exact) mass is 335 g/mol. The summed E-state index contributed by atoms with van der Waals surface area (Å²) < 4.78 is 0. The van der Waals surface area contributed by atoms with E-state index in [1.165, 1.54) is 5.56 Å². The number of carbonyl (C=O) groups is 1. The molecule has 4 heteroatoms. The zero-order valence-electron chi connectivity index (χ0n) is 14.5. The second kappa shape index (κ2) is 9.14. The van der Waals surface area contributed by atoms with E-state index in [4.69, 9.17) is 0 Å². The second-order valence-electron chi connectivity index (χ2n) is 6.51. The number of likely N-dealkylation sites (tertiary alicyclic amines) is 1. The van der Waals surface area contributed by atoms with Gasteiger partial charge < -0.3 is 5.32 Å². The van der Waals surface area contributed by atoms with Crippen LogP contribution in [0.25, 0.3) is 6.08 Å². The molecule has 1 aliphatic rings. The number of piperidine rings is 1. The van der Waals surface area contributed by atoms with Gasteiger partial charge in [-0.25, -0.2) is 0 Å². The molecule has 130 valence electrons. The zero-order valence-corrected chi connectivity index (χ0v) is 14.5. The Kier molecular flexibility index (Phi) is 6.35. The third-order valence-electron chi connectivity index (χ3n) is 4.66. The normalized spacial score (nSPS) is 16.2. The van der Waals surface area contributed by atoms with Crippen molar-refractivity contribution in [1.29, 1.82) is 0 Å². The standard InChI is InChI=1S/C21H25N3O/c25-21(20-9-4-12-22-17-20)23-16-19-10-14-24(15-11-19)13-5-8-18-6-2-1-3-7-18/h1-9,12,17,19H,10-11,13-16H2,(H,23,25)/b8-5+. The lowest BCUT2D eigenvalue weighted by molar-refractivity contribution is 0.0937. The van der Waals surface area contributed by atoms with Crippen molar-refractivity contribution in [3.05, 3.63) is 72.1 Å². The van der Waals surface area contributed by atoms with E-state index in [0.717, 1.165) is 39.0 Å². The molecule has 1 saturated heterocycles. The lowest BCUT2D eigenvalue weighted by Crippen LogP contribution is -2.38. The van der Waals surface area contributed by atoms with Crippen LogP contribution in [0.5, 0.6) is 0 Å². The quantitative estimate of drug-likeness (QED) is 0.881. The molecule has 0 unspecified atom stereocenters. The first-order chi connectivity index (χ1) is 12.3. The molecular weight excluding hydrogens is 310 g/mol. The summed E-state index contributed by atoms with van der Waals surface area (Å²) in [7, 11) is 0. The van der Waals surface area contributed by atoms with E-state index in [1.54, 1.807) is 24.5 Å². The Morgan fingerprint density at radius 2 is 1.96 bits per heavy atom. The highest BCUT2D eigenvalue weighted by atomic mass is 16.1. The zero-order chi connectivity index (χ0) is 17.3. The molecule has 1 aliphatic heterocycles. The fraction of sp³-hybridized carbons (Fsp3) is 0.333. The highest BCUT2D eigenvalue weighted by molar-refractivity contribution is 5.93. The summed E-state index contributed by atoms with van der Waals surface area (Å²) in [6.07, 6.45) is 9.97. The van der Waals surface area contributed by atoms with Gasteiger partial charge in [0.2, 0.25) is 0 Å². The highest BCUT2D eigenvalue weighted by Crippen LogP contribution is 2.16. The molecule has 4 nitrogen and oxygen atoms in total. The molecule has 2 heterocycles. The molecule has 3 rings (SSSR count). The van der Waals surface area contributed by atoms with Crippen LogP contribution in [0.15, 0.2) is 60.9 Å². The lowest BCUT2D eigenvalue weighted by Gasteiger charge is -2.31. The molecule has 25 heavy (non-hydrogen) atoms. The number of amides is 1. The van der Waals surface area contributed by atoms with E-state index >= 15 is 0 Å².